The zero-order valence-corrected chi connectivity index (χ0v) is 13.8. The van der Waals surface area contributed by atoms with Gasteiger partial charge in [0.15, 0.2) is 0 Å². The summed E-state index contributed by atoms with van der Waals surface area (Å²) in [5.74, 6) is 0.981. The van der Waals surface area contributed by atoms with Gasteiger partial charge in [0.25, 0.3) is 0 Å². The van der Waals surface area contributed by atoms with Gasteiger partial charge in [0.05, 0.1) is 13.7 Å². The van der Waals surface area contributed by atoms with Gasteiger partial charge in [-0.1, -0.05) is 25.1 Å². The van der Waals surface area contributed by atoms with Gasteiger partial charge in [0.2, 0.25) is 5.91 Å². The standard InChI is InChI=1S/C17H25N3O3/c1-3-9-18-17(22)19-16(21)12-20-10-8-13(11-20)14-6-4-5-7-15(14)23-2/h4-7,13H,3,8-12H2,1-2H3,(H2,18,19,21,22). The minimum Gasteiger partial charge on any atom is -0.496 e. The van der Waals surface area contributed by atoms with E-state index in [0.717, 1.165) is 31.7 Å². The number of imide groups is 1. The summed E-state index contributed by atoms with van der Waals surface area (Å²) in [5.41, 5.74) is 1.18. The first-order valence-corrected chi connectivity index (χ1v) is 8.07. The molecule has 1 heterocycles. The number of amides is 3. The number of carbonyl (C=O) groups excluding carboxylic acids is 2. The van der Waals surface area contributed by atoms with E-state index in [2.05, 4.69) is 21.6 Å². The van der Waals surface area contributed by atoms with Crippen molar-refractivity contribution in [2.75, 3.05) is 33.3 Å². The van der Waals surface area contributed by atoms with Crippen molar-refractivity contribution in [2.45, 2.75) is 25.7 Å². The van der Waals surface area contributed by atoms with Crippen LogP contribution in [-0.2, 0) is 4.79 Å². The average Bonchev–Trinajstić information content (AvgIpc) is 3.00. The average molecular weight is 319 g/mol. The topological polar surface area (TPSA) is 70.7 Å². The lowest BCUT2D eigenvalue weighted by Crippen LogP contribution is -2.44. The number of nitrogens with zero attached hydrogens (tertiary/aromatic N) is 1. The van der Waals surface area contributed by atoms with Crippen LogP contribution >= 0.6 is 0 Å². The number of likely N-dealkylation sites (tertiary alicyclic amines) is 1. The molecule has 0 spiro atoms. The first-order chi connectivity index (χ1) is 11.1. The Kier molecular flexibility index (Phi) is 6.40. The summed E-state index contributed by atoms with van der Waals surface area (Å²) >= 11 is 0. The molecule has 0 aromatic heterocycles. The third kappa shape index (κ3) is 4.96. The minimum absolute atomic E-state index is 0.241. The smallest absolute Gasteiger partial charge is 0.321 e. The second-order valence-corrected chi connectivity index (χ2v) is 5.77. The van der Waals surface area contributed by atoms with Crippen LogP contribution in [0.2, 0.25) is 0 Å². The van der Waals surface area contributed by atoms with Crippen LogP contribution in [0.25, 0.3) is 0 Å². The van der Waals surface area contributed by atoms with Gasteiger partial charge in [-0.2, -0.15) is 0 Å². The predicted molar refractivity (Wildman–Crippen MR) is 88.6 cm³/mol. The van der Waals surface area contributed by atoms with Crippen LogP contribution in [0.5, 0.6) is 5.75 Å². The van der Waals surface area contributed by atoms with E-state index in [1.165, 1.54) is 5.56 Å². The Balaban J connectivity index is 1.83. The maximum absolute atomic E-state index is 11.9. The Hall–Kier alpha value is -2.08. The first kappa shape index (κ1) is 17.3. The molecule has 1 aliphatic heterocycles. The molecular formula is C17H25N3O3. The van der Waals surface area contributed by atoms with E-state index in [0.29, 0.717) is 12.5 Å². The Bertz CT molecular complexity index is 548. The molecule has 1 fully saturated rings. The second-order valence-electron chi connectivity index (χ2n) is 5.77. The molecule has 1 saturated heterocycles. The second kappa shape index (κ2) is 8.53. The summed E-state index contributed by atoms with van der Waals surface area (Å²) in [6.07, 6.45) is 1.82. The van der Waals surface area contributed by atoms with E-state index in [1.54, 1.807) is 7.11 Å². The first-order valence-electron chi connectivity index (χ1n) is 8.07. The van der Waals surface area contributed by atoms with Gasteiger partial charge in [-0.05, 0) is 31.0 Å². The van der Waals surface area contributed by atoms with Gasteiger partial charge >= 0.3 is 6.03 Å². The van der Waals surface area contributed by atoms with E-state index >= 15 is 0 Å². The molecule has 1 atom stereocenters. The van der Waals surface area contributed by atoms with Gasteiger partial charge in [-0.15, -0.1) is 0 Å². The van der Waals surface area contributed by atoms with Gasteiger partial charge in [-0.25, -0.2) is 4.79 Å². The Morgan fingerprint density at radius 2 is 2.13 bits per heavy atom. The highest BCUT2D eigenvalue weighted by molar-refractivity contribution is 5.95. The highest BCUT2D eigenvalue weighted by atomic mass is 16.5. The molecule has 0 radical (unpaired) electrons. The van der Waals surface area contributed by atoms with Crippen LogP contribution in [0.15, 0.2) is 24.3 Å². The van der Waals surface area contributed by atoms with Crippen LogP contribution in [0.3, 0.4) is 0 Å². The predicted octanol–water partition coefficient (Wildman–Crippen LogP) is 1.72. The molecule has 0 bridgehead atoms. The van der Waals surface area contributed by atoms with E-state index in [1.807, 2.05) is 25.1 Å². The molecule has 2 N–H and O–H groups in total. The van der Waals surface area contributed by atoms with Crippen molar-refractivity contribution in [3.05, 3.63) is 29.8 Å². The molecule has 1 aromatic rings. The highest BCUT2D eigenvalue weighted by Gasteiger charge is 2.27. The summed E-state index contributed by atoms with van der Waals surface area (Å²) < 4.78 is 5.41. The monoisotopic (exact) mass is 319 g/mol. The van der Waals surface area contributed by atoms with Crippen LogP contribution in [0, 0.1) is 0 Å². The quantitative estimate of drug-likeness (QED) is 0.837. The van der Waals surface area contributed by atoms with Gasteiger partial charge < -0.3 is 10.1 Å². The maximum atomic E-state index is 11.9. The summed E-state index contributed by atoms with van der Waals surface area (Å²) in [5, 5.41) is 5.00. The molecule has 6 heteroatoms. The zero-order valence-electron chi connectivity index (χ0n) is 13.8. The molecule has 0 saturated carbocycles. The van der Waals surface area contributed by atoms with Crippen molar-refractivity contribution in [1.82, 2.24) is 15.5 Å². The van der Waals surface area contributed by atoms with Crippen LogP contribution in [-0.4, -0.2) is 50.1 Å². The number of benzene rings is 1. The lowest BCUT2D eigenvalue weighted by Gasteiger charge is -2.17. The van der Waals surface area contributed by atoms with Gasteiger partial charge in [0.1, 0.15) is 5.75 Å². The molecule has 1 unspecified atom stereocenters. The molecular weight excluding hydrogens is 294 g/mol. The van der Waals surface area contributed by atoms with Crippen LogP contribution in [0.4, 0.5) is 4.79 Å². The van der Waals surface area contributed by atoms with Crippen molar-refractivity contribution in [3.63, 3.8) is 0 Å². The van der Waals surface area contributed by atoms with E-state index in [4.69, 9.17) is 4.74 Å². The largest absolute Gasteiger partial charge is 0.496 e. The SMILES string of the molecule is CCCNC(=O)NC(=O)CN1CCC(c2ccccc2OC)C1. The van der Waals surface area contributed by atoms with E-state index in [-0.39, 0.29) is 12.5 Å². The molecule has 23 heavy (non-hydrogen) atoms. The third-order valence-electron chi connectivity index (χ3n) is 4.01. The van der Waals surface area contributed by atoms with Crippen molar-refractivity contribution >= 4 is 11.9 Å². The molecule has 0 aliphatic carbocycles. The fraction of sp³-hybridized carbons (Fsp3) is 0.529. The van der Waals surface area contributed by atoms with Crippen molar-refractivity contribution in [2.24, 2.45) is 0 Å². The van der Waals surface area contributed by atoms with Crippen molar-refractivity contribution in [1.29, 1.82) is 0 Å². The molecule has 1 aliphatic rings. The summed E-state index contributed by atoms with van der Waals surface area (Å²) in [6, 6.07) is 7.58. The zero-order chi connectivity index (χ0) is 16.7. The lowest BCUT2D eigenvalue weighted by molar-refractivity contribution is -0.120. The summed E-state index contributed by atoms with van der Waals surface area (Å²) in [7, 11) is 1.67. The molecule has 126 valence electrons. The number of hydrogen-bond donors (Lipinski definition) is 2. The normalized spacial score (nSPS) is 17.7. The fourth-order valence-corrected chi connectivity index (χ4v) is 2.89. The van der Waals surface area contributed by atoms with Crippen LogP contribution < -0.4 is 15.4 Å². The lowest BCUT2D eigenvalue weighted by atomic mass is 9.97. The highest BCUT2D eigenvalue weighted by Crippen LogP contribution is 2.33. The number of hydrogen-bond acceptors (Lipinski definition) is 4. The number of nitrogens with one attached hydrogen (secondary N) is 2. The number of urea groups is 1. The van der Waals surface area contributed by atoms with Crippen molar-refractivity contribution < 1.29 is 14.3 Å². The van der Waals surface area contributed by atoms with E-state index < -0.39 is 6.03 Å². The maximum Gasteiger partial charge on any atom is 0.321 e. The Morgan fingerprint density at radius 1 is 1.35 bits per heavy atom. The molecule has 3 amide bonds. The molecule has 2 rings (SSSR count). The van der Waals surface area contributed by atoms with Gasteiger partial charge in [0, 0.05) is 19.0 Å². The number of carbonyl (C=O) groups is 2. The summed E-state index contributed by atoms with van der Waals surface area (Å²) in [4.78, 5) is 25.4. The van der Waals surface area contributed by atoms with Crippen LogP contribution in [0.1, 0.15) is 31.2 Å². The number of ether oxygens (including phenoxy) is 1. The third-order valence-corrected chi connectivity index (χ3v) is 4.01. The fourth-order valence-electron chi connectivity index (χ4n) is 2.89. The number of rotatable bonds is 6. The Morgan fingerprint density at radius 3 is 2.87 bits per heavy atom. The van der Waals surface area contributed by atoms with Gasteiger partial charge in [-0.3, -0.25) is 15.0 Å². The molecule has 6 nitrogen and oxygen atoms in total. The molecule has 1 aromatic carbocycles. The number of para-hydroxylation sites is 1. The number of methoxy groups -OCH3 is 1. The Labute approximate surface area is 137 Å². The minimum atomic E-state index is -0.419. The van der Waals surface area contributed by atoms with E-state index in [9.17, 15) is 9.59 Å². The van der Waals surface area contributed by atoms with Crippen molar-refractivity contribution in [3.8, 4) is 5.75 Å². The summed E-state index contributed by atoms with van der Waals surface area (Å²) in [6.45, 7) is 4.41.